The van der Waals surface area contributed by atoms with E-state index in [1.807, 2.05) is 0 Å². The standard InChI is InChI=1S/C9H7F2N3O2S/c1-14-6(9(15)16)4(2-12-14)8-13-5(3-17-8)7(10)11/h2-3,7H,1H3,(H,15,16). The first kappa shape index (κ1) is 11.6. The summed E-state index contributed by atoms with van der Waals surface area (Å²) in [6.07, 6.45) is -1.36. The lowest BCUT2D eigenvalue weighted by atomic mass is 10.2. The minimum absolute atomic E-state index is 0.0693. The molecule has 0 spiro atoms. The van der Waals surface area contributed by atoms with E-state index < -0.39 is 12.4 Å². The summed E-state index contributed by atoms with van der Waals surface area (Å²) in [4.78, 5) is 14.7. The van der Waals surface area contributed by atoms with Crippen LogP contribution in [0, 0.1) is 0 Å². The Labute approximate surface area is 98.3 Å². The van der Waals surface area contributed by atoms with E-state index in [0.29, 0.717) is 0 Å². The number of thiazole rings is 1. The van der Waals surface area contributed by atoms with Gasteiger partial charge in [0.1, 0.15) is 10.7 Å². The number of halogens is 2. The monoisotopic (exact) mass is 259 g/mol. The molecule has 0 aliphatic carbocycles. The van der Waals surface area contributed by atoms with Gasteiger partial charge in [-0.15, -0.1) is 11.3 Å². The molecule has 17 heavy (non-hydrogen) atoms. The first-order valence-corrected chi connectivity index (χ1v) is 5.38. The van der Waals surface area contributed by atoms with Crippen molar-refractivity contribution >= 4 is 17.3 Å². The van der Waals surface area contributed by atoms with Crippen LogP contribution in [0.5, 0.6) is 0 Å². The van der Waals surface area contributed by atoms with Crippen LogP contribution in [0.15, 0.2) is 11.6 Å². The molecule has 2 rings (SSSR count). The molecule has 0 aromatic carbocycles. The molecule has 0 amide bonds. The number of hydrogen-bond donors (Lipinski definition) is 1. The molecule has 0 fully saturated rings. The highest BCUT2D eigenvalue weighted by molar-refractivity contribution is 7.13. The van der Waals surface area contributed by atoms with Gasteiger partial charge < -0.3 is 5.11 Å². The van der Waals surface area contributed by atoms with Gasteiger partial charge >= 0.3 is 5.97 Å². The molecule has 0 saturated heterocycles. The smallest absolute Gasteiger partial charge is 0.354 e. The predicted octanol–water partition coefficient (Wildman–Crippen LogP) is 2.18. The highest BCUT2D eigenvalue weighted by Gasteiger charge is 2.21. The molecular weight excluding hydrogens is 252 g/mol. The third-order valence-corrected chi connectivity index (χ3v) is 3.01. The summed E-state index contributed by atoms with van der Waals surface area (Å²) in [5.74, 6) is -1.17. The van der Waals surface area contributed by atoms with Gasteiger partial charge in [0.15, 0.2) is 5.69 Å². The van der Waals surface area contributed by atoms with Crippen LogP contribution in [-0.4, -0.2) is 25.8 Å². The van der Waals surface area contributed by atoms with E-state index >= 15 is 0 Å². The van der Waals surface area contributed by atoms with Crippen LogP contribution in [-0.2, 0) is 7.05 Å². The lowest BCUT2D eigenvalue weighted by molar-refractivity contribution is 0.0686. The molecule has 0 aliphatic heterocycles. The molecule has 0 unspecified atom stereocenters. The molecule has 5 nitrogen and oxygen atoms in total. The van der Waals surface area contributed by atoms with E-state index in [1.165, 1.54) is 23.3 Å². The van der Waals surface area contributed by atoms with Crippen LogP contribution in [0.25, 0.3) is 10.6 Å². The van der Waals surface area contributed by atoms with Crippen molar-refractivity contribution in [2.24, 2.45) is 7.05 Å². The van der Waals surface area contributed by atoms with Crippen LogP contribution in [0.1, 0.15) is 22.6 Å². The van der Waals surface area contributed by atoms with Crippen LogP contribution in [0.4, 0.5) is 8.78 Å². The third kappa shape index (κ3) is 2.03. The number of hydrogen-bond acceptors (Lipinski definition) is 4. The Morgan fingerprint density at radius 3 is 2.82 bits per heavy atom. The van der Waals surface area contributed by atoms with E-state index in [-0.39, 0.29) is 22.0 Å². The average molecular weight is 259 g/mol. The fourth-order valence-corrected chi connectivity index (χ4v) is 2.18. The van der Waals surface area contributed by atoms with Crippen molar-refractivity contribution in [1.29, 1.82) is 0 Å². The largest absolute Gasteiger partial charge is 0.477 e. The van der Waals surface area contributed by atoms with Crippen molar-refractivity contribution in [3.8, 4) is 10.6 Å². The zero-order chi connectivity index (χ0) is 12.6. The van der Waals surface area contributed by atoms with Gasteiger partial charge in [0.2, 0.25) is 0 Å². The molecule has 0 atom stereocenters. The summed E-state index contributed by atoms with van der Waals surface area (Å²) in [5.41, 5.74) is -0.178. The Morgan fingerprint density at radius 1 is 1.59 bits per heavy atom. The van der Waals surface area contributed by atoms with Gasteiger partial charge in [0, 0.05) is 12.4 Å². The summed E-state index contributed by atoms with van der Waals surface area (Å²) in [5, 5.41) is 14.2. The van der Waals surface area contributed by atoms with E-state index in [4.69, 9.17) is 5.11 Å². The van der Waals surface area contributed by atoms with E-state index in [9.17, 15) is 13.6 Å². The SMILES string of the molecule is Cn1ncc(-c2nc(C(F)F)cs2)c1C(=O)O. The molecule has 2 aromatic rings. The maximum absolute atomic E-state index is 12.4. The quantitative estimate of drug-likeness (QED) is 0.917. The fraction of sp³-hybridized carbons (Fsp3) is 0.222. The van der Waals surface area contributed by atoms with Gasteiger partial charge in [-0.05, 0) is 0 Å². The maximum Gasteiger partial charge on any atom is 0.354 e. The second-order valence-electron chi connectivity index (χ2n) is 3.21. The summed E-state index contributed by atoms with van der Waals surface area (Å²) in [6, 6.07) is 0. The number of rotatable bonds is 3. The van der Waals surface area contributed by atoms with Gasteiger partial charge in [-0.3, -0.25) is 4.68 Å². The minimum atomic E-state index is -2.66. The Morgan fingerprint density at radius 2 is 2.29 bits per heavy atom. The Bertz CT molecular complexity index is 564. The van der Waals surface area contributed by atoms with Crippen molar-refractivity contribution in [2.75, 3.05) is 0 Å². The molecule has 2 aromatic heterocycles. The van der Waals surface area contributed by atoms with Crippen LogP contribution >= 0.6 is 11.3 Å². The van der Waals surface area contributed by atoms with Crippen molar-refractivity contribution < 1.29 is 18.7 Å². The van der Waals surface area contributed by atoms with Crippen LogP contribution in [0.2, 0.25) is 0 Å². The van der Waals surface area contributed by atoms with Crippen molar-refractivity contribution in [1.82, 2.24) is 14.8 Å². The second-order valence-corrected chi connectivity index (χ2v) is 4.07. The van der Waals surface area contributed by atoms with Gasteiger partial charge in [0.25, 0.3) is 6.43 Å². The van der Waals surface area contributed by atoms with Crippen LogP contribution < -0.4 is 0 Å². The van der Waals surface area contributed by atoms with Gasteiger partial charge in [-0.2, -0.15) is 5.10 Å². The summed E-state index contributed by atoms with van der Waals surface area (Å²) in [6.45, 7) is 0. The molecule has 1 N–H and O–H groups in total. The number of carbonyl (C=O) groups is 1. The van der Waals surface area contributed by atoms with Gasteiger partial charge in [0.05, 0.1) is 11.8 Å². The van der Waals surface area contributed by atoms with E-state index in [1.54, 1.807) is 0 Å². The number of carboxylic acid groups (broad SMARTS) is 1. The summed E-state index contributed by atoms with van der Waals surface area (Å²) in [7, 11) is 1.47. The molecule has 0 aliphatic rings. The number of aromatic nitrogens is 3. The van der Waals surface area contributed by atoms with Crippen molar-refractivity contribution in [2.45, 2.75) is 6.43 Å². The molecule has 2 heterocycles. The number of aromatic carboxylic acids is 1. The molecule has 0 bridgehead atoms. The zero-order valence-corrected chi connectivity index (χ0v) is 9.41. The highest BCUT2D eigenvalue weighted by atomic mass is 32.1. The van der Waals surface area contributed by atoms with Gasteiger partial charge in [-0.25, -0.2) is 18.6 Å². The first-order chi connectivity index (χ1) is 8.00. The van der Waals surface area contributed by atoms with Crippen molar-refractivity contribution in [3.63, 3.8) is 0 Å². The Kier molecular flexibility index (Phi) is 2.88. The minimum Gasteiger partial charge on any atom is -0.477 e. The molecule has 90 valence electrons. The topological polar surface area (TPSA) is 68.0 Å². The number of alkyl halides is 2. The average Bonchev–Trinajstić information content (AvgIpc) is 2.82. The van der Waals surface area contributed by atoms with E-state index in [0.717, 1.165) is 11.3 Å². The Balaban J connectivity index is 2.49. The number of nitrogens with zero attached hydrogens (tertiary/aromatic N) is 3. The zero-order valence-electron chi connectivity index (χ0n) is 8.59. The molecule has 8 heteroatoms. The van der Waals surface area contributed by atoms with E-state index in [2.05, 4.69) is 10.1 Å². The molecular formula is C9H7F2N3O2S. The van der Waals surface area contributed by atoms with Crippen molar-refractivity contribution in [3.05, 3.63) is 23.0 Å². The summed E-state index contributed by atoms with van der Waals surface area (Å²) < 4.78 is 25.9. The molecule has 0 radical (unpaired) electrons. The maximum atomic E-state index is 12.4. The predicted molar refractivity (Wildman–Crippen MR) is 56.2 cm³/mol. The lowest BCUT2D eigenvalue weighted by Gasteiger charge is -1.97. The Hall–Kier alpha value is -1.83. The van der Waals surface area contributed by atoms with Crippen LogP contribution in [0.3, 0.4) is 0 Å². The van der Waals surface area contributed by atoms with Gasteiger partial charge in [-0.1, -0.05) is 0 Å². The molecule has 0 saturated carbocycles. The highest BCUT2D eigenvalue weighted by Crippen LogP contribution is 2.30. The number of carboxylic acids is 1. The lowest BCUT2D eigenvalue weighted by Crippen LogP contribution is -2.06. The second kappa shape index (κ2) is 4.21. The number of aryl methyl sites for hydroxylation is 1. The third-order valence-electron chi connectivity index (χ3n) is 2.12. The fourth-order valence-electron chi connectivity index (χ4n) is 1.36. The normalized spacial score (nSPS) is 11.1. The first-order valence-electron chi connectivity index (χ1n) is 4.50. The summed E-state index contributed by atoms with van der Waals surface area (Å²) >= 11 is 0.968.